The third-order valence-electron chi connectivity index (χ3n) is 5.29. The Labute approximate surface area is 183 Å². The molecule has 0 bridgehead atoms. The zero-order chi connectivity index (χ0) is 23.0. The molecular weight excluding hydrogens is 370 g/mol. The molecule has 166 valence electrons. The van der Waals surface area contributed by atoms with Crippen molar-refractivity contribution in [2.45, 2.75) is 93.2 Å². The van der Waals surface area contributed by atoms with Crippen LogP contribution in [-0.2, 0) is 11.1 Å². The summed E-state index contributed by atoms with van der Waals surface area (Å²) in [6.45, 7) is 22.4. The summed E-state index contributed by atoms with van der Waals surface area (Å²) in [5, 5.41) is 3.11. The zero-order valence-corrected chi connectivity index (χ0v) is 20.8. The number of aromatic nitrogens is 2. The van der Waals surface area contributed by atoms with Crippen molar-refractivity contribution in [2.75, 3.05) is 5.32 Å². The third kappa shape index (κ3) is 6.20. The fraction of sp³-hybridized carbons (Fsp3) is 0.615. The maximum atomic E-state index is 13.6. The molecule has 1 N–H and O–H groups in total. The maximum Gasteiger partial charge on any atom is 0.349 e. The van der Waals surface area contributed by atoms with Gasteiger partial charge >= 0.3 is 11.7 Å². The van der Waals surface area contributed by atoms with Crippen LogP contribution in [0.25, 0.3) is 0 Å². The van der Waals surface area contributed by atoms with Crippen molar-refractivity contribution in [3.63, 3.8) is 0 Å². The van der Waals surface area contributed by atoms with Gasteiger partial charge in [-0.1, -0.05) is 59.7 Å². The molecule has 0 atom stereocenters. The Balaban J connectivity index is 2.58. The summed E-state index contributed by atoms with van der Waals surface area (Å²) < 4.78 is 4.34. The third-order valence-corrected chi connectivity index (χ3v) is 5.29. The fourth-order valence-electron chi connectivity index (χ4n) is 5.06. The van der Waals surface area contributed by atoms with Gasteiger partial charge in [0.2, 0.25) is 0 Å². The Kier molecular flexibility index (Phi) is 6.61. The summed E-state index contributed by atoms with van der Waals surface area (Å²) >= 11 is 0. The molecule has 0 saturated heterocycles. The fourth-order valence-corrected chi connectivity index (χ4v) is 5.06. The van der Waals surface area contributed by atoms with Gasteiger partial charge in [0.05, 0.1) is 0 Å². The molecule has 2 rings (SSSR count). The Morgan fingerprint density at radius 3 is 1.90 bits per heavy atom. The quantitative estimate of drug-likeness (QED) is 0.550. The van der Waals surface area contributed by atoms with Gasteiger partial charge in [-0.05, 0) is 63.5 Å². The van der Waals surface area contributed by atoms with Crippen LogP contribution in [0.1, 0.15) is 92.7 Å². The summed E-state index contributed by atoms with van der Waals surface area (Å²) in [5.41, 5.74) is 0.693. The minimum atomic E-state index is -0.204. The van der Waals surface area contributed by atoms with Crippen molar-refractivity contribution in [3.8, 4) is 0 Å². The number of hydrogen-bond donors (Lipinski definition) is 1. The first-order chi connectivity index (χ1) is 13.5. The topological polar surface area (TPSA) is 37.9 Å². The summed E-state index contributed by atoms with van der Waals surface area (Å²) in [7, 11) is 0. The molecular formula is C26H42N3O+. The minimum Gasteiger partial charge on any atom is -0.315 e. The van der Waals surface area contributed by atoms with E-state index in [1.165, 1.54) is 0 Å². The van der Waals surface area contributed by atoms with Crippen LogP contribution in [0.2, 0.25) is 0 Å². The highest BCUT2D eigenvalue weighted by Gasteiger charge is 2.42. The second-order valence-electron chi connectivity index (χ2n) is 12.3. The predicted octanol–water partition coefficient (Wildman–Crippen LogP) is 6.37. The van der Waals surface area contributed by atoms with Gasteiger partial charge in [0.1, 0.15) is 23.5 Å². The molecule has 0 saturated carbocycles. The first kappa shape index (κ1) is 24.2. The predicted molar refractivity (Wildman–Crippen MR) is 126 cm³/mol. The average molecular weight is 413 g/mol. The molecule has 1 heterocycles. The Hall–Kier alpha value is -2.10. The number of benzene rings is 1. The van der Waals surface area contributed by atoms with E-state index in [0.29, 0.717) is 5.82 Å². The molecule has 0 aliphatic carbocycles. The average Bonchev–Trinajstić information content (AvgIpc) is 2.98. The second kappa shape index (κ2) is 8.20. The van der Waals surface area contributed by atoms with Gasteiger partial charge in [0.15, 0.2) is 0 Å². The number of imidazole rings is 1. The molecule has 0 spiro atoms. The number of amides is 1. The van der Waals surface area contributed by atoms with Crippen LogP contribution in [0.3, 0.4) is 0 Å². The number of carbonyl (C=O) groups is 1. The highest BCUT2D eigenvalue weighted by atomic mass is 16.2. The van der Waals surface area contributed by atoms with E-state index in [1.807, 2.05) is 30.3 Å². The van der Waals surface area contributed by atoms with Crippen LogP contribution >= 0.6 is 0 Å². The largest absolute Gasteiger partial charge is 0.349 e. The molecule has 4 nitrogen and oxygen atoms in total. The van der Waals surface area contributed by atoms with Gasteiger partial charge < -0.3 is 5.32 Å². The van der Waals surface area contributed by atoms with Crippen molar-refractivity contribution in [2.24, 2.45) is 10.8 Å². The second-order valence-corrected chi connectivity index (χ2v) is 12.3. The van der Waals surface area contributed by atoms with Crippen LogP contribution in [0.15, 0.2) is 42.7 Å². The molecule has 1 aromatic carbocycles. The number of nitrogens with one attached hydrogen (secondary N) is 1. The monoisotopic (exact) mass is 412 g/mol. The first-order valence-electron chi connectivity index (χ1n) is 11.0. The lowest BCUT2D eigenvalue weighted by atomic mass is 9.81. The number of carbonyl (C=O) groups excluding carboxylic acids is 1. The van der Waals surface area contributed by atoms with Crippen molar-refractivity contribution < 1.29 is 9.36 Å². The minimum absolute atomic E-state index is 0.0739. The van der Waals surface area contributed by atoms with Gasteiger partial charge in [-0.2, -0.15) is 0 Å². The van der Waals surface area contributed by atoms with E-state index >= 15 is 0 Å². The highest BCUT2D eigenvalue weighted by Crippen LogP contribution is 2.34. The molecule has 1 aromatic heterocycles. The van der Waals surface area contributed by atoms with Crippen molar-refractivity contribution >= 4 is 11.6 Å². The molecule has 0 aliphatic rings. The molecule has 1 amide bonds. The van der Waals surface area contributed by atoms with Gasteiger partial charge in [-0.25, -0.2) is 9.13 Å². The molecule has 4 heteroatoms. The number of hydrogen-bond acceptors (Lipinski definition) is 1. The number of para-hydroxylation sites is 1. The van der Waals surface area contributed by atoms with Crippen LogP contribution < -0.4 is 9.88 Å². The first-order valence-corrected chi connectivity index (χ1v) is 11.0. The van der Waals surface area contributed by atoms with E-state index in [1.54, 1.807) is 0 Å². The molecule has 0 fully saturated rings. The van der Waals surface area contributed by atoms with Gasteiger partial charge in [-0.3, -0.25) is 4.79 Å². The number of anilines is 1. The lowest BCUT2D eigenvalue weighted by Crippen LogP contribution is -2.58. The molecule has 2 aromatic rings. The molecule has 0 radical (unpaired) electrons. The summed E-state index contributed by atoms with van der Waals surface area (Å²) in [6.07, 6.45) is 6.08. The molecule has 30 heavy (non-hydrogen) atoms. The number of rotatable bonds is 6. The van der Waals surface area contributed by atoms with Gasteiger partial charge in [0, 0.05) is 5.69 Å². The Bertz CT molecular complexity index is 816. The van der Waals surface area contributed by atoms with Crippen molar-refractivity contribution in [3.05, 3.63) is 48.5 Å². The lowest BCUT2D eigenvalue weighted by Gasteiger charge is -2.32. The van der Waals surface area contributed by atoms with E-state index in [-0.39, 0.29) is 27.8 Å². The van der Waals surface area contributed by atoms with Crippen molar-refractivity contribution in [1.29, 1.82) is 0 Å². The van der Waals surface area contributed by atoms with Gasteiger partial charge in [0.25, 0.3) is 0 Å². The lowest BCUT2D eigenvalue weighted by molar-refractivity contribution is -0.761. The summed E-state index contributed by atoms with van der Waals surface area (Å²) in [5.74, 6) is 0.623. The molecule has 0 unspecified atom stereocenters. The smallest absolute Gasteiger partial charge is 0.315 e. The summed E-state index contributed by atoms with van der Waals surface area (Å²) in [4.78, 5) is 13.6. The van der Waals surface area contributed by atoms with E-state index in [9.17, 15) is 4.79 Å². The van der Waals surface area contributed by atoms with Crippen molar-refractivity contribution in [1.82, 2.24) is 4.57 Å². The Morgan fingerprint density at radius 1 is 0.867 bits per heavy atom. The highest BCUT2D eigenvalue weighted by molar-refractivity contribution is 6.00. The zero-order valence-electron chi connectivity index (χ0n) is 20.8. The Morgan fingerprint density at radius 2 is 1.40 bits per heavy atom. The van der Waals surface area contributed by atoms with E-state index in [2.05, 4.69) is 96.1 Å². The van der Waals surface area contributed by atoms with Crippen LogP contribution in [-0.4, -0.2) is 10.5 Å². The van der Waals surface area contributed by atoms with E-state index in [4.69, 9.17) is 0 Å². The van der Waals surface area contributed by atoms with Crippen LogP contribution in [0, 0.1) is 10.8 Å². The van der Waals surface area contributed by atoms with Crippen LogP contribution in [0.4, 0.5) is 5.69 Å². The maximum absolute atomic E-state index is 13.6. The van der Waals surface area contributed by atoms with E-state index < -0.39 is 0 Å². The van der Waals surface area contributed by atoms with E-state index in [0.717, 1.165) is 18.5 Å². The van der Waals surface area contributed by atoms with Crippen LogP contribution in [0.5, 0.6) is 0 Å². The number of nitrogens with zero attached hydrogens (tertiary/aromatic N) is 2. The van der Waals surface area contributed by atoms with Gasteiger partial charge in [-0.15, -0.1) is 0 Å². The normalized spacial score (nSPS) is 13.4. The standard InChI is InChI=1S/C26H41N3O/c1-23(2,3)18-25(7,8)28-16-17-29(26(9,10)19-24(4,5)6)22(28)21(30)27-20-14-12-11-13-15-20/h11-17H,18-19H2,1-10H3/p+1. The summed E-state index contributed by atoms with van der Waals surface area (Å²) in [6, 6.07) is 9.69. The SMILES string of the molecule is CC(C)(C)CC(C)(C)n1cc[n+](C(C)(C)CC(C)(C)C)c1C(=O)Nc1ccccc1. The molecule has 0 aliphatic heterocycles.